The molecule has 25 heavy (non-hydrogen) atoms. The van der Waals surface area contributed by atoms with Crippen LogP contribution in [0.3, 0.4) is 0 Å². The molecule has 2 aromatic rings. The highest BCUT2D eigenvalue weighted by Gasteiger charge is 2.34. The van der Waals surface area contributed by atoms with Crippen molar-refractivity contribution in [2.24, 2.45) is 5.92 Å². The van der Waals surface area contributed by atoms with E-state index in [4.69, 9.17) is 5.11 Å². The summed E-state index contributed by atoms with van der Waals surface area (Å²) in [6, 6.07) is 18.3. The second-order valence-electron chi connectivity index (χ2n) is 6.76. The Morgan fingerprint density at radius 2 is 1.64 bits per heavy atom. The zero-order valence-corrected chi connectivity index (χ0v) is 14.4. The molecule has 1 aliphatic carbocycles. The average Bonchev–Trinajstić information content (AvgIpc) is 3.45. The first-order valence-corrected chi connectivity index (χ1v) is 8.71. The smallest absolute Gasteiger partial charge is 0.308 e. The molecular weight excluding hydrogens is 314 g/mol. The van der Waals surface area contributed by atoms with Crippen molar-refractivity contribution >= 4 is 11.9 Å². The van der Waals surface area contributed by atoms with Gasteiger partial charge in [-0.2, -0.15) is 0 Å². The van der Waals surface area contributed by atoms with Crippen molar-refractivity contribution in [3.8, 4) is 11.1 Å². The van der Waals surface area contributed by atoms with E-state index in [1.807, 2.05) is 42.5 Å². The summed E-state index contributed by atoms with van der Waals surface area (Å²) in [7, 11) is 0. The molecule has 1 amide bonds. The topological polar surface area (TPSA) is 57.6 Å². The van der Waals surface area contributed by atoms with Gasteiger partial charge in [0.15, 0.2) is 0 Å². The average molecular weight is 337 g/mol. The zero-order chi connectivity index (χ0) is 17.8. The van der Waals surface area contributed by atoms with E-state index in [0.717, 1.165) is 29.5 Å². The van der Waals surface area contributed by atoms with Crippen molar-refractivity contribution in [3.63, 3.8) is 0 Å². The summed E-state index contributed by atoms with van der Waals surface area (Å²) in [6.07, 6.45) is 2.27. The van der Waals surface area contributed by atoms with Gasteiger partial charge < -0.3 is 10.0 Å². The summed E-state index contributed by atoms with van der Waals surface area (Å²) in [5, 5.41) is 9.11. The first kappa shape index (κ1) is 17.2. The lowest BCUT2D eigenvalue weighted by Crippen LogP contribution is -2.39. The van der Waals surface area contributed by atoms with Crippen molar-refractivity contribution in [2.45, 2.75) is 32.2 Å². The molecule has 0 spiro atoms. The number of hydrogen-bond acceptors (Lipinski definition) is 2. The van der Waals surface area contributed by atoms with Gasteiger partial charge in [0, 0.05) is 12.6 Å². The molecule has 0 saturated heterocycles. The van der Waals surface area contributed by atoms with Crippen molar-refractivity contribution in [1.29, 1.82) is 0 Å². The molecule has 1 saturated carbocycles. The molecular formula is C21H23NO3. The highest BCUT2D eigenvalue weighted by Crippen LogP contribution is 2.28. The Morgan fingerprint density at radius 3 is 2.20 bits per heavy atom. The normalized spacial score (nSPS) is 14.8. The third kappa shape index (κ3) is 4.47. The number of carbonyl (C=O) groups excluding carboxylic acids is 1. The summed E-state index contributed by atoms with van der Waals surface area (Å²) in [4.78, 5) is 25.5. The molecule has 3 rings (SSSR count). The second-order valence-corrected chi connectivity index (χ2v) is 6.76. The molecule has 4 nitrogen and oxygen atoms in total. The first-order chi connectivity index (χ1) is 12.0. The number of rotatable bonds is 7. The molecule has 0 aliphatic heterocycles. The van der Waals surface area contributed by atoms with Crippen LogP contribution in [0.5, 0.6) is 0 Å². The minimum Gasteiger partial charge on any atom is -0.481 e. The number of benzene rings is 2. The highest BCUT2D eigenvalue weighted by molar-refractivity contribution is 5.80. The van der Waals surface area contributed by atoms with Crippen LogP contribution in [0.25, 0.3) is 11.1 Å². The SMILES string of the molecule is CC(CN(C(=O)Cc1ccc(-c2ccccc2)cc1)C1CC1)C(=O)O. The van der Waals surface area contributed by atoms with Gasteiger partial charge in [-0.05, 0) is 29.5 Å². The molecule has 1 N–H and O–H groups in total. The highest BCUT2D eigenvalue weighted by atomic mass is 16.4. The number of carboxylic acids is 1. The van der Waals surface area contributed by atoms with Gasteiger partial charge in [0.25, 0.3) is 0 Å². The number of nitrogens with zero attached hydrogens (tertiary/aromatic N) is 1. The molecule has 2 aromatic carbocycles. The van der Waals surface area contributed by atoms with Gasteiger partial charge in [0.1, 0.15) is 0 Å². The van der Waals surface area contributed by atoms with Crippen molar-refractivity contribution in [3.05, 3.63) is 60.2 Å². The zero-order valence-electron chi connectivity index (χ0n) is 14.4. The van der Waals surface area contributed by atoms with E-state index in [-0.39, 0.29) is 11.9 Å². The third-order valence-corrected chi connectivity index (χ3v) is 4.62. The van der Waals surface area contributed by atoms with Crippen LogP contribution in [-0.2, 0) is 16.0 Å². The number of hydrogen-bond donors (Lipinski definition) is 1. The molecule has 0 heterocycles. The van der Waals surface area contributed by atoms with Crippen LogP contribution >= 0.6 is 0 Å². The molecule has 1 fully saturated rings. The van der Waals surface area contributed by atoms with Gasteiger partial charge in [-0.3, -0.25) is 9.59 Å². The molecule has 0 aromatic heterocycles. The van der Waals surface area contributed by atoms with E-state index in [1.165, 1.54) is 0 Å². The molecule has 0 bridgehead atoms. The Balaban J connectivity index is 1.66. The predicted octanol–water partition coefficient (Wildman–Crippen LogP) is 3.61. The van der Waals surface area contributed by atoms with Crippen LogP contribution in [0.2, 0.25) is 0 Å². The molecule has 4 heteroatoms. The standard InChI is InChI=1S/C21H23NO3/c1-15(21(24)25)14-22(19-11-12-19)20(23)13-16-7-9-18(10-8-16)17-5-3-2-4-6-17/h2-10,15,19H,11-14H2,1H3,(H,24,25). The van der Waals surface area contributed by atoms with Crippen LogP contribution < -0.4 is 0 Å². The first-order valence-electron chi connectivity index (χ1n) is 8.71. The minimum absolute atomic E-state index is 0.0167. The number of carbonyl (C=O) groups is 2. The fourth-order valence-electron chi connectivity index (χ4n) is 2.94. The van der Waals surface area contributed by atoms with Crippen LogP contribution in [-0.4, -0.2) is 34.5 Å². The lowest BCUT2D eigenvalue weighted by atomic mass is 10.0. The van der Waals surface area contributed by atoms with E-state index in [9.17, 15) is 9.59 Å². The van der Waals surface area contributed by atoms with Crippen LogP contribution in [0.1, 0.15) is 25.3 Å². The fourth-order valence-corrected chi connectivity index (χ4v) is 2.94. The Hall–Kier alpha value is -2.62. The number of aliphatic carboxylic acids is 1. The van der Waals surface area contributed by atoms with Gasteiger partial charge in [0.05, 0.1) is 12.3 Å². The monoisotopic (exact) mass is 337 g/mol. The summed E-state index contributed by atoms with van der Waals surface area (Å²) < 4.78 is 0. The maximum absolute atomic E-state index is 12.6. The quantitative estimate of drug-likeness (QED) is 0.840. The molecule has 1 unspecified atom stereocenters. The summed E-state index contributed by atoms with van der Waals surface area (Å²) >= 11 is 0. The van der Waals surface area contributed by atoms with E-state index in [1.54, 1.807) is 11.8 Å². The summed E-state index contributed by atoms with van der Waals surface area (Å²) in [6.45, 7) is 1.95. The molecule has 130 valence electrons. The number of carboxylic acid groups (broad SMARTS) is 1. The second kappa shape index (κ2) is 7.51. The summed E-state index contributed by atoms with van der Waals surface area (Å²) in [5.74, 6) is -1.38. The van der Waals surface area contributed by atoms with Crippen molar-refractivity contribution in [2.75, 3.05) is 6.54 Å². The van der Waals surface area contributed by atoms with Gasteiger partial charge in [-0.15, -0.1) is 0 Å². The molecule has 0 radical (unpaired) electrons. The Bertz CT molecular complexity index is 735. The van der Waals surface area contributed by atoms with Gasteiger partial charge >= 0.3 is 5.97 Å². The van der Waals surface area contributed by atoms with Crippen molar-refractivity contribution < 1.29 is 14.7 Å². The van der Waals surface area contributed by atoms with E-state index < -0.39 is 11.9 Å². The van der Waals surface area contributed by atoms with Crippen LogP contribution in [0, 0.1) is 5.92 Å². The van der Waals surface area contributed by atoms with E-state index in [2.05, 4.69) is 12.1 Å². The number of amides is 1. The largest absolute Gasteiger partial charge is 0.481 e. The fraction of sp³-hybridized carbons (Fsp3) is 0.333. The van der Waals surface area contributed by atoms with Gasteiger partial charge in [0.2, 0.25) is 5.91 Å². The molecule has 1 aliphatic rings. The minimum atomic E-state index is -0.856. The summed E-state index contributed by atoms with van der Waals surface area (Å²) in [5.41, 5.74) is 3.23. The van der Waals surface area contributed by atoms with Gasteiger partial charge in [-0.25, -0.2) is 0 Å². The predicted molar refractivity (Wildman–Crippen MR) is 97.1 cm³/mol. The van der Waals surface area contributed by atoms with Crippen LogP contribution in [0.15, 0.2) is 54.6 Å². The van der Waals surface area contributed by atoms with Gasteiger partial charge in [-0.1, -0.05) is 61.5 Å². The lowest BCUT2D eigenvalue weighted by molar-refractivity contribution is -0.143. The molecule has 1 atom stereocenters. The maximum atomic E-state index is 12.6. The lowest BCUT2D eigenvalue weighted by Gasteiger charge is -2.24. The Morgan fingerprint density at radius 1 is 1.04 bits per heavy atom. The van der Waals surface area contributed by atoms with E-state index in [0.29, 0.717) is 13.0 Å². The third-order valence-electron chi connectivity index (χ3n) is 4.62. The van der Waals surface area contributed by atoms with E-state index >= 15 is 0 Å². The maximum Gasteiger partial charge on any atom is 0.308 e. The van der Waals surface area contributed by atoms with Crippen molar-refractivity contribution in [1.82, 2.24) is 4.90 Å². The van der Waals surface area contributed by atoms with Crippen LogP contribution in [0.4, 0.5) is 0 Å². The Kier molecular flexibility index (Phi) is 5.17. The Labute approximate surface area is 148 Å².